The molecule has 2 N–H and O–H groups in total. The van der Waals surface area contributed by atoms with Crippen LogP contribution in [0.4, 0.5) is 21.9 Å². The van der Waals surface area contributed by atoms with Gasteiger partial charge in [-0.2, -0.15) is 0 Å². The smallest absolute Gasteiger partial charge is 0.308 e. The predicted octanol–water partition coefficient (Wildman–Crippen LogP) is 4.70. The highest BCUT2D eigenvalue weighted by atomic mass is 32.2. The van der Waals surface area contributed by atoms with E-state index in [1.165, 1.54) is 4.31 Å². The fourth-order valence-corrected chi connectivity index (χ4v) is 5.18. The highest BCUT2D eigenvalue weighted by Gasteiger charge is 2.30. The Morgan fingerprint density at radius 3 is 2.43 bits per heavy atom. The number of hydrogen-bond acceptors (Lipinski definition) is 3. The molecular weight excluding hydrogens is 398 g/mol. The molecule has 3 aromatic rings. The molecule has 1 aliphatic rings. The summed E-state index contributed by atoms with van der Waals surface area (Å²) in [6.07, 6.45) is 0.593. The number of sulfonamides is 1. The molecule has 0 unspecified atom stereocenters. The summed E-state index contributed by atoms with van der Waals surface area (Å²) in [5.41, 5.74) is 5.03. The van der Waals surface area contributed by atoms with Crippen LogP contribution in [0.2, 0.25) is 0 Å². The van der Waals surface area contributed by atoms with Crippen LogP contribution in [-0.4, -0.2) is 21.0 Å². The van der Waals surface area contributed by atoms with Crippen molar-refractivity contribution in [3.05, 3.63) is 83.4 Å². The zero-order valence-electron chi connectivity index (χ0n) is 16.8. The number of aryl methyl sites for hydroxylation is 2. The summed E-state index contributed by atoms with van der Waals surface area (Å²) in [5, 5.41) is 5.68. The van der Waals surface area contributed by atoms with Gasteiger partial charge in [0.2, 0.25) is 0 Å². The summed E-state index contributed by atoms with van der Waals surface area (Å²) in [6.45, 7) is 4.33. The highest BCUT2D eigenvalue weighted by molar-refractivity contribution is 7.92. The molecule has 7 heteroatoms. The molecule has 0 fully saturated rings. The molecule has 6 nitrogen and oxygen atoms in total. The number of urea groups is 1. The molecule has 2 amide bonds. The summed E-state index contributed by atoms with van der Waals surface area (Å²) in [7, 11) is -3.60. The lowest BCUT2D eigenvalue weighted by molar-refractivity contribution is 0.262. The van der Waals surface area contributed by atoms with E-state index in [1.807, 2.05) is 38.1 Å². The van der Waals surface area contributed by atoms with Crippen molar-refractivity contribution < 1.29 is 13.2 Å². The van der Waals surface area contributed by atoms with Gasteiger partial charge in [0.15, 0.2) is 0 Å². The van der Waals surface area contributed by atoms with Crippen molar-refractivity contribution in [2.75, 3.05) is 21.5 Å². The van der Waals surface area contributed by atoms with Crippen LogP contribution in [0.15, 0.2) is 71.6 Å². The van der Waals surface area contributed by atoms with E-state index >= 15 is 0 Å². The molecule has 0 atom stereocenters. The summed E-state index contributed by atoms with van der Waals surface area (Å²) in [5.74, 6) is 0. The fraction of sp³-hybridized carbons (Fsp3) is 0.174. The van der Waals surface area contributed by atoms with Gasteiger partial charge in [0.25, 0.3) is 10.0 Å². The van der Waals surface area contributed by atoms with E-state index < -0.39 is 10.0 Å². The average Bonchev–Trinajstić information content (AvgIpc) is 3.15. The molecule has 0 saturated carbocycles. The zero-order valence-corrected chi connectivity index (χ0v) is 17.7. The molecule has 30 heavy (non-hydrogen) atoms. The number of amides is 2. The number of anilines is 3. The molecule has 0 spiro atoms. The van der Waals surface area contributed by atoms with Crippen LogP contribution >= 0.6 is 0 Å². The molecular formula is C23H23N3O3S. The van der Waals surface area contributed by atoms with E-state index in [1.54, 1.807) is 42.5 Å². The maximum atomic E-state index is 13.0. The second-order valence-corrected chi connectivity index (χ2v) is 9.24. The van der Waals surface area contributed by atoms with Gasteiger partial charge in [-0.15, -0.1) is 0 Å². The maximum Gasteiger partial charge on any atom is 0.323 e. The summed E-state index contributed by atoms with van der Waals surface area (Å²) in [6, 6.07) is 19.2. The first-order valence-corrected chi connectivity index (χ1v) is 11.1. The third kappa shape index (κ3) is 3.89. The van der Waals surface area contributed by atoms with Gasteiger partial charge in [-0.25, -0.2) is 13.2 Å². The Labute approximate surface area is 176 Å². The number of benzene rings is 3. The van der Waals surface area contributed by atoms with Crippen molar-refractivity contribution in [1.82, 2.24) is 0 Å². The lowest BCUT2D eigenvalue weighted by Gasteiger charge is -2.20. The molecule has 0 saturated heterocycles. The van der Waals surface area contributed by atoms with Gasteiger partial charge in [-0.3, -0.25) is 4.31 Å². The predicted molar refractivity (Wildman–Crippen MR) is 120 cm³/mol. The molecule has 3 aromatic carbocycles. The van der Waals surface area contributed by atoms with E-state index in [2.05, 4.69) is 10.6 Å². The minimum Gasteiger partial charge on any atom is -0.308 e. The third-order valence-corrected chi connectivity index (χ3v) is 6.98. The van der Waals surface area contributed by atoms with Crippen LogP contribution in [0.5, 0.6) is 0 Å². The summed E-state index contributed by atoms with van der Waals surface area (Å²) in [4.78, 5) is 12.7. The van der Waals surface area contributed by atoms with Crippen LogP contribution in [0.3, 0.4) is 0 Å². The van der Waals surface area contributed by atoms with E-state index in [-0.39, 0.29) is 10.9 Å². The minimum atomic E-state index is -3.60. The lowest BCUT2D eigenvalue weighted by Crippen LogP contribution is -2.29. The molecule has 0 aliphatic carbocycles. The topological polar surface area (TPSA) is 78.5 Å². The number of carbonyl (C=O) groups excluding carboxylic acids is 1. The molecule has 0 aromatic heterocycles. The molecule has 1 heterocycles. The van der Waals surface area contributed by atoms with Crippen LogP contribution in [0.25, 0.3) is 0 Å². The monoisotopic (exact) mass is 421 g/mol. The molecule has 0 bridgehead atoms. The first kappa shape index (κ1) is 20.0. The Morgan fingerprint density at radius 2 is 1.70 bits per heavy atom. The van der Waals surface area contributed by atoms with Crippen molar-refractivity contribution in [1.29, 1.82) is 0 Å². The Kier molecular flexibility index (Phi) is 5.22. The average molecular weight is 422 g/mol. The van der Waals surface area contributed by atoms with Crippen molar-refractivity contribution in [2.24, 2.45) is 0 Å². The third-order valence-electron chi connectivity index (χ3n) is 5.15. The van der Waals surface area contributed by atoms with Gasteiger partial charge in [0, 0.05) is 17.9 Å². The first-order chi connectivity index (χ1) is 14.3. The van der Waals surface area contributed by atoms with Crippen molar-refractivity contribution in [3.63, 3.8) is 0 Å². The quantitative estimate of drug-likeness (QED) is 0.641. The van der Waals surface area contributed by atoms with E-state index in [0.29, 0.717) is 24.3 Å². The number of nitrogens with one attached hydrogen (secondary N) is 2. The van der Waals surface area contributed by atoms with Gasteiger partial charge < -0.3 is 10.6 Å². The van der Waals surface area contributed by atoms with Gasteiger partial charge in [-0.1, -0.05) is 35.9 Å². The second-order valence-electron chi connectivity index (χ2n) is 7.38. The van der Waals surface area contributed by atoms with Crippen LogP contribution in [0, 0.1) is 13.8 Å². The summed E-state index contributed by atoms with van der Waals surface area (Å²) >= 11 is 0. The number of rotatable bonds is 4. The fourth-order valence-electron chi connectivity index (χ4n) is 3.66. The Bertz CT molecular complexity index is 1210. The van der Waals surface area contributed by atoms with Gasteiger partial charge in [-0.05, 0) is 67.8 Å². The molecule has 4 rings (SSSR count). The normalized spacial score (nSPS) is 13.1. The van der Waals surface area contributed by atoms with Crippen LogP contribution in [0.1, 0.15) is 16.7 Å². The van der Waals surface area contributed by atoms with E-state index in [9.17, 15) is 13.2 Å². The van der Waals surface area contributed by atoms with Crippen molar-refractivity contribution in [2.45, 2.75) is 25.2 Å². The zero-order chi connectivity index (χ0) is 21.3. The number of carbonyl (C=O) groups is 1. The lowest BCUT2D eigenvalue weighted by atomic mass is 10.1. The Hall–Kier alpha value is -3.32. The van der Waals surface area contributed by atoms with E-state index in [0.717, 1.165) is 22.4 Å². The number of nitrogens with zero attached hydrogens (tertiary/aromatic N) is 1. The number of hydrogen-bond donors (Lipinski definition) is 2. The van der Waals surface area contributed by atoms with Gasteiger partial charge in [0.1, 0.15) is 0 Å². The summed E-state index contributed by atoms with van der Waals surface area (Å²) < 4.78 is 27.4. The molecule has 1 aliphatic heterocycles. The first-order valence-electron chi connectivity index (χ1n) is 9.70. The largest absolute Gasteiger partial charge is 0.323 e. The highest BCUT2D eigenvalue weighted by Crippen LogP contribution is 2.34. The maximum absolute atomic E-state index is 13.0. The number of fused-ring (bicyclic) bond motifs is 1. The van der Waals surface area contributed by atoms with Gasteiger partial charge in [0.05, 0.1) is 10.6 Å². The van der Waals surface area contributed by atoms with Crippen molar-refractivity contribution >= 4 is 33.1 Å². The standard InChI is InChI=1S/C23H23N3O3S/c1-16-8-10-21(17(2)14-16)25-23(27)24-19-9-11-22-18(15-19)12-13-26(22)30(28,29)20-6-4-3-5-7-20/h3-11,14-15H,12-13H2,1-2H3,(H2,24,25,27). The van der Waals surface area contributed by atoms with Gasteiger partial charge >= 0.3 is 6.03 Å². The Balaban J connectivity index is 1.51. The van der Waals surface area contributed by atoms with Crippen LogP contribution < -0.4 is 14.9 Å². The molecule has 154 valence electrons. The van der Waals surface area contributed by atoms with Crippen molar-refractivity contribution in [3.8, 4) is 0 Å². The SMILES string of the molecule is Cc1ccc(NC(=O)Nc2ccc3c(c2)CCN3S(=O)(=O)c2ccccc2)c(C)c1. The minimum absolute atomic E-state index is 0.271. The van der Waals surface area contributed by atoms with Crippen LogP contribution in [-0.2, 0) is 16.4 Å². The molecule has 0 radical (unpaired) electrons. The Morgan fingerprint density at radius 1 is 0.933 bits per heavy atom. The second kappa shape index (κ2) is 7.84. The van der Waals surface area contributed by atoms with E-state index in [4.69, 9.17) is 0 Å².